The lowest BCUT2D eigenvalue weighted by Gasteiger charge is -2.09. The first kappa shape index (κ1) is 12.7. The summed E-state index contributed by atoms with van der Waals surface area (Å²) < 4.78 is 1.75. The number of hydrogen-bond acceptors (Lipinski definition) is 3. The molecule has 0 aliphatic rings. The van der Waals surface area contributed by atoms with E-state index in [0.717, 1.165) is 5.56 Å². The number of aliphatic hydroxyl groups excluding tert-OH is 1. The van der Waals surface area contributed by atoms with Crippen LogP contribution < -0.4 is 5.32 Å². The van der Waals surface area contributed by atoms with Gasteiger partial charge in [-0.3, -0.25) is 9.48 Å². The number of aromatic nitrogens is 2. The number of nitrogens with one attached hydrogen (secondary N) is 1. The average molecular weight is 225 g/mol. The van der Waals surface area contributed by atoms with Crippen LogP contribution in [-0.2, 0) is 11.3 Å². The summed E-state index contributed by atoms with van der Waals surface area (Å²) >= 11 is 0. The SMILES string of the molecule is Cc1cnn(CCC(=O)NCC(C)CO)c1. The Hall–Kier alpha value is -1.36. The van der Waals surface area contributed by atoms with Gasteiger partial charge in [0, 0.05) is 32.3 Å². The second-order valence-corrected chi connectivity index (χ2v) is 4.12. The van der Waals surface area contributed by atoms with Gasteiger partial charge in [0.15, 0.2) is 0 Å². The molecule has 0 aromatic carbocycles. The summed E-state index contributed by atoms with van der Waals surface area (Å²) in [7, 11) is 0. The fourth-order valence-electron chi connectivity index (χ4n) is 1.25. The predicted molar refractivity (Wildman–Crippen MR) is 60.8 cm³/mol. The van der Waals surface area contributed by atoms with Gasteiger partial charge in [0.2, 0.25) is 5.91 Å². The Labute approximate surface area is 95.5 Å². The highest BCUT2D eigenvalue weighted by atomic mass is 16.3. The molecule has 0 aliphatic heterocycles. The Morgan fingerprint density at radius 3 is 3.00 bits per heavy atom. The van der Waals surface area contributed by atoms with Crippen LogP contribution in [0.3, 0.4) is 0 Å². The molecular weight excluding hydrogens is 206 g/mol. The van der Waals surface area contributed by atoms with Crippen molar-refractivity contribution in [2.45, 2.75) is 26.8 Å². The molecule has 0 fully saturated rings. The van der Waals surface area contributed by atoms with E-state index in [2.05, 4.69) is 10.4 Å². The summed E-state index contributed by atoms with van der Waals surface area (Å²) in [4.78, 5) is 11.4. The minimum atomic E-state index is -0.00606. The Bertz CT molecular complexity index is 336. The van der Waals surface area contributed by atoms with Crippen molar-refractivity contribution in [3.8, 4) is 0 Å². The first-order valence-corrected chi connectivity index (χ1v) is 5.48. The van der Waals surface area contributed by atoms with E-state index in [1.54, 1.807) is 10.9 Å². The highest BCUT2D eigenvalue weighted by Gasteiger charge is 2.05. The maximum absolute atomic E-state index is 11.4. The molecule has 0 bridgehead atoms. The van der Waals surface area contributed by atoms with Crippen LogP contribution >= 0.6 is 0 Å². The highest BCUT2D eigenvalue weighted by Crippen LogP contribution is 1.96. The van der Waals surface area contributed by atoms with Crippen LogP contribution in [0.5, 0.6) is 0 Å². The second-order valence-electron chi connectivity index (χ2n) is 4.12. The van der Waals surface area contributed by atoms with Crippen molar-refractivity contribution in [3.05, 3.63) is 18.0 Å². The van der Waals surface area contributed by atoms with E-state index >= 15 is 0 Å². The summed E-state index contributed by atoms with van der Waals surface area (Å²) in [5, 5.41) is 15.7. The Kier molecular flexibility index (Phi) is 4.98. The predicted octanol–water partition coefficient (Wildman–Crippen LogP) is 0.326. The van der Waals surface area contributed by atoms with E-state index in [0.29, 0.717) is 19.5 Å². The lowest BCUT2D eigenvalue weighted by atomic mass is 10.2. The molecule has 90 valence electrons. The molecule has 5 heteroatoms. The van der Waals surface area contributed by atoms with Gasteiger partial charge in [-0.15, -0.1) is 0 Å². The lowest BCUT2D eigenvalue weighted by Crippen LogP contribution is -2.30. The van der Waals surface area contributed by atoms with Gasteiger partial charge in [-0.05, 0) is 18.4 Å². The molecular formula is C11H19N3O2. The number of aryl methyl sites for hydroxylation is 2. The van der Waals surface area contributed by atoms with E-state index in [1.165, 1.54) is 0 Å². The number of carbonyl (C=O) groups excluding carboxylic acids is 1. The first-order chi connectivity index (χ1) is 7.61. The molecule has 5 nitrogen and oxygen atoms in total. The number of amides is 1. The highest BCUT2D eigenvalue weighted by molar-refractivity contribution is 5.75. The zero-order valence-corrected chi connectivity index (χ0v) is 9.81. The van der Waals surface area contributed by atoms with Crippen molar-refractivity contribution in [2.24, 2.45) is 5.92 Å². The number of carbonyl (C=O) groups is 1. The van der Waals surface area contributed by atoms with Crippen molar-refractivity contribution in [1.29, 1.82) is 0 Å². The van der Waals surface area contributed by atoms with Gasteiger partial charge in [0.1, 0.15) is 0 Å². The number of nitrogens with zero attached hydrogens (tertiary/aromatic N) is 2. The van der Waals surface area contributed by atoms with Crippen LogP contribution in [0.25, 0.3) is 0 Å². The van der Waals surface area contributed by atoms with E-state index in [1.807, 2.05) is 20.0 Å². The van der Waals surface area contributed by atoms with Gasteiger partial charge < -0.3 is 10.4 Å². The molecule has 1 atom stereocenters. The van der Waals surface area contributed by atoms with E-state index in [-0.39, 0.29) is 18.4 Å². The molecule has 0 radical (unpaired) electrons. The topological polar surface area (TPSA) is 67.2 Å². The van der Waals surface area contributed by atoms with Crippen LogP contribution in [-0.4, -0.2) is 33.9 Å². The van der Waals surface area contributed by atoms with Crippen molar-refractivity contribution in [2.75, 3.05) is 13.2 Å². The number of hydrogen-bond donors (Lipinski definition) is 2. The lowest BCUT2D eigenvalue weighted by molar-refractivity contribution is -0.121. The van der Waals surface area contributed by atoms with Crippen LogP contribution in [0.4, 0.5) is 0 Å². The van der Waals surface area contributed by atoms with E-state index < -0.39 is 0 Å². The third-order valence-corrected chi connectivity index (χ3v) is 2.29. The summed E-state index contributed by atoms with van der Waals surface area (Å²) in [5.74, 6) is 0.101. The van der Waals surface area contributed by atoms with Crippen LogP contribution in [0.1, 0.15) is 18.9 Å². The number of rotatable bonds is 6. The van der Waals surface area contributed by atoms with Gasteiger partial charge in [0.25, 0.3) is 0 Å². The van der Waals surface area contributed by atoms with E-state index in [4.69, 9.17) is 5.11 Å². The average Bonchev–Trinajstić information content (AvgIpc) is 2.69. The summed E-state index contributed by atoms with van der Waals surface area (Å²) in [6.45, 7) is 5.06. The Morgan fingerprint density at radius 1 is 1.69 bits per heavy atom. The van der Waals surface area contributed by atoms with Crippen LogP contribution in [0, 0.1) is 12.8 Å². The van der Waals surface area contributed by atoms with Gasteiger partial charge in [-0.25, -0.2) is 0 Å². The maximum Gasteiger partial charge on any atom is 0.221 e. The molecule has 0 saturated carbocycles. The zero-order chi connectivity index (χ0) is 12.0. The van der Waals surface area contributed by atoms with E-state index in [9.17, 15) is 4.79 Å². The Morgan fingerprint density at radius 2 is 2.44 bits per heavy atom. The fraction of sp³-hybridized carbons (Fsp3) is 0.636. The molecule has 1 unspecified atom stereocenters. The van der Waals surface area contributed by atoms with Crippen molar-refractivity contribution in [1.82, 2.24) is 15.1 Å². The van der Waals surface area contributed by atoms with Crippen LogP contribution in [0.2, 0.25) is 0 Å². The Balaban J connectivity index is 2.20. The third-order valence-electron chi connectivity index (χ3n) is 2.29. The third kappa shape index (κ3) is 4.44. The zero-order valence-electron chi connectivity index (χ0n) is 9.81. The maximum atomic E-state index is 11.4. The minimum absolute atomic E-state index is 0.00606. The quantitative estimate of drug-likeness (QED) is 0.733. The fourth-order valence-corrected chi connectivity index (χ4v) is 1.25. The number of aliphatic hydroxyl groups is 1. The molecule has 0 aliphatic carbocycles. The molecule has 0 saturated heterocycles. The van der Waals surface area contributed by atoms with Crippen molar-refractivity contribution < 1.29 is 9.90 Å². The van der Waals surface area contributed by atoms with Gasteiger partial charge in [-0.1, -0.05) is 6.92 Å². The summed E-state index contributed by atoms with van der Waals surface area (Å²) in [6, 6.07) is 0. The van der Waals surface area contributed by atoms with Crippen molar-refractivity contribution in [3.63, 3.8) is 0 Å². The molecule has 1 heterocycles. The molecule has 0 spiro atoms. The van der Waals surface area contributed by atoms with Crippen LogP contribution in [0.15, 0.2) is 12.4 Å². The summed E-state index contributed by atoms with van der Waals surface area (Å²) in [6.07, 6.45) is 4.09. The summed E-state index contributed by atoms with van der Waals surface area (Å²) in [5.41, 5.74) is 1.09. The standard InChI is InChI=1S/C11H19N3O2/c1-9-6-13-14(7-9)4-3-11(16)12-5-10(2)8-15/h6-7,10,15H,3-5,8H2,1-2H3,(H,12,16). The van der Waals surface area contributed by atoms with Gasteiger partial charge >= 0.3 is 0 Å². The molecule has 1 rings (SSSR count). The van der Waals surface area contributed by atoms with Gasteiger partial charge in [-0.2, -0.15) is 5.10 Å². The molecule has 1 aromatic rings. The van der Waals surface area contributed by atoms with Crippen molar-refractivity contribution >= 4 is 5.91 Å². The normalized spacial score (nSPS) is 12.4. The molecule has 1 aromatic heterocycles. The molecule has 16 heavy (non-hydrogen) atoms. The smallest absolute Gasteiger partial charge is 0.221 e. The monoisotopic (exact) mass is 225 g/mol. The first-order valence-electron chi connectivity index (χ1n) is 5.48. The largest absolute Gasteiger partial charge is 0.396 e. The second kappa shape index (κ2) is 6.27. The molecule has 1 amide bonds. The molecule has 2 N–H and O–H groups in total. The van der Waals surface area contributed by atoms with Gasteiger partial charge in [0.05, 0.1) is 6.20 Å². The minimum Gasteiger partial charge on any atom is -0.396 e.